The van der Waals surface area contributed by atoms with Gasteiger partial charge in [0.2, 0.25) is 0 Å². The number of nitrogens with two attached hydrogens (primary N) is 1. The van der Waals surface area contributed by atoms with Gasteiger partial charge in [-0.25, -0.2) is 14.7 Å². The Balaban J connectivity index is 3.46. The predicted molar refractivity (Wildman–Crippen MR) is 59.0 cm³/mol. The Kier molecular flexibility index (Phi) is 3.50. The van der Waals surface area contributed by atoms with Crippen LogP contribution in [0, 0.1) is 11.6 Å². The molecule has 0 aliphatic rings. The molecule has 0 spiro atoms. The zero-order chi connectivity index (χ0) is 12.5. The first kappa shape index (κ1) is 12.9. The third-order valence-corrected chi connectivity index (χ3v) is 2.46. The molecule has 0 fully saturated rings. The van der Waals surface area contributed by atoms with Gasteiger partial charge in [-0.3, -0.25) is 4.84 Å². The van der Waals surface area contributed by atoms with Crippen molar-refractivity contribution in [1.82, 2.24) is 0 Å². The van der Waals surface area contributed by atoms with Crippen molar-refractivity contribution in [2.75, 3.05) is 19.0 Å². The van der Waals surface area contributed by atoms with E-state index in [0.29, 0.717) is 5.56 Å². The molecule has 0 bridgehead atoms. The van der Waals surface area contributed by atoms with Crippen LogP contribution in [0.3, 0.4) is 0 Å². The van der Waals surface area contributed by atoms with Gasteiger partial charge in [-0.05, 0) is 19.9 Å². The second-order valence-electron chi connectivity index (χ2n) is 4.28. The predicted octanol–water partition coefficient (Wildman–Crippen LogP) is 2.16. The number of rotatable bonds is 3. The molecule has 1 aromatic rings. The van der Waals surface area contributed by atoms with Gasteiger partial charge in [0.05, 0.1) is 5.69 Å². The lowest BCUT2D eigenvalue weighted by Gasteiger charge is -2.28. The lowest BCUT2D eigenvalue weighted by atomic mass is 9.95. The smallest absolute Gasteiger partial charge is 0.182 e. The van der Waals surface area contributed by atoms with Gasteiger partial charge in [0.15, 0.2) is 11.6 Å². The Hall–Kier alpha value is -1.20. The third kappa shape index (κ3) is 2.15. The standard InChI is InChI=1S/C11H16F2N2O/c1-11(2,16-14)7-5-6-8(12)9(13)10(7)15(3)4/h5-6H,14H2,1-4H3. The SMILES string of the molecule is CN(C)c1c(C(C)(C)ON)ccc(F)c1F. The zero-order valence-electron chi connectivity index (χ0n) is 9.84. The Morgan fingerprint density at radius 2 is 1.81 bits per heavy atom. The lowest BCUT2D eigenvalue weighted by Crippen LogP contribution is -2.29. The summed E-state index contributed by atoms with van der Waals surface area (Å²) in [5.41, 5.74) is -0.233. The summed E-state index contributed by atoms with van der Waals surface area (Å²) in [6.45, 7) is 3.37. The highest BCUT2D eigenvalue weighted by molar-refractivity contribution is 5.56. The fourth-order valence-electron chi connectivity index (χ4n) is 1.53. The summed E-state index contributed by atoms with van der Waals surface area (Å²) in [5, 5.41) is 0. The van der Waals surface area contributed by atoms with Crippen molar-refractivity contribution in [2.24, 2.45) is 5.90 Å². The molecule has 0 saturated carbocycles. The van der Waals surface area contributed by atoms with Crippen molar-refractivity contribution in [3.05, 3.63) is 29.3 Å². The summed E-state index contributed by atoms with van der Waals surface area (Å²) < 4.78 is 26.8. The normalized spacial score (nSPS) is 11.7. The van der Waals surface area contributed by atoms with Gasteiger partial charge in [0.1, 0.15) is 5.60 Å². The highest BCUT2D eigenvalue weighted by atomic mass is 19.2. The number of hydrogen-bond acceptors (Lipinski definition) is 3. The van der Waals surface area contributed by atoms with E-state index >= 15 is 0 Å². The van der Waals surface area contributed by atoms with Gasteiger partial charge in [-0.15, -0.1) is 0 Å². The highest BCUT2D eigenvalue weighted by Gasteiger charge is 2.28. The minimum Gasteiger partial charge on any atom is -0.375 e. The molecule has 0 amide bonds. The largest absolute Gasteiger partial charge is 0.375 e. The molecule has 0 saturated heterocycles. The van der Waals surface area contributed by atoms with E-state index in [-0.39, 0.29) is 5.69 Å². The van der Waals surface area contributed by atoms with E-state index in [4.69, 9.17) is 10.7 Å². The van der Waals surface area contributed by atoms with Gasteiger partial charge in [0.25, 0.3) is 0 Å². The number of nitrogens with zero attached hydrogens (tertiary/aromatic N) is 1. The average molecular weight is 230 g/mol. The minimum absolute atomic E-state index is 0.149. The highest BCUT2D eigenvalue weighted by Crippen LogP contribution is 2.34. The summed E-state index contributed by atoms with van der Waals surface area (Å²) >= 11 is 0. The van der Waals surface area contributed by atoms with E-state index in [2.05, 4.69) is 0 Å². The molecule has 0 atom stereocenters. The summed E-state index contributed by atoms with van der Waals surface area (Å²) in [6.07, 6.45) is 0. The van der Waals surface area contributed by atoms with E-state index < -0.39 is 17.2 Å². The van der Waals surface area contributed by atoms with Crippen LogP contribution in [0.15, 0.2) is 12.1 Å². The molecule has 0 unspecified atom stereocenters. The molecule has 3 nitrogen and oxygen atoms in total. The summed E-state index contributed by atoms with van der Waals surface area (Å²) in [6, 6.07) is 2.54. The Bertz CT molecular complexity index is 392. The second-order valence-corrected chi connectivity index (χ2v) is 4.28. The van der Waals surface area contributed by atoms with Crippen molar-refractivity contribution in [2.45, 2.75) is 19.4 Å². The van der Waals surface area contributed by atoms with E-state index in [1.54, 1.807) is 27.9 Å². The zero-order valence-corrected chi connectivity index (χ0v) is 9.84. The molecule has 1 aromatic carbocycles. The summed E-state index contributed by atoms with van der Waals surface area (Å²) in [7, 11) is 3.27. The van der Waals surface area contributed by atoms with Crippen LogP contribution < -0.4 is 10.8 Å². The van der Waals surface area contributed by atoms with Gasteiger partial charge in [-0.1, -0.05) is 6.07 Å². The van der Waals surface area contributed by atoms with E-state index in [1.165, 1.54) is 11.0 Å². The molecule has 0 aliphatic heterocycles. The van der Waals surface area contributed by atoms with Gasteiger partial charge in [0, 0.05) is 19.7 Å². The lowest BCUT2D eigenvalue weighted by molar-refractivity contribution is -0.0234. The molecule has 5 heteroatoms. The first-order chi connectivity index (χ1) is 7.31. The molecule has 1 rings (SSSR count). The first-order valence-electron chi connectivity index (χ1n) is 4.85. The van der Waals surface area contributed by atoms with Gasteiger partial charge < -0.3 is 4.90 Å². The maximum atomic E-state index is 13.7. The molecule has 0 aliphatic carbocycles. The van der Waals surface area contributed by atoms with Gasteiger partial charge in [-0.2, -0.15) is 0 Å². The molecule has 0 radical (unpaired) electrons. The maximum absolute atomic E-state index is 13.7. The molecular formula is C11H16F2N2O. The molecule has 2 N–H and O–H groups in total. The second kappa shape index (κ2) is 4.35. The Morgan fingerprint density at radius 3 is 2.25 bits per heavy atom. The summed E-state index contributed by atoms with van der Waals surface area (Å²) in [4.78, 5) is 6.29. The minimum atomic E-state index is -0.896. The van der Waals surface area contributed by atoms with Crippen LogP contribution in [0.5, 0.6) is 0 Å². The van der Waals surface area contributed by atoms with Crippen molar-refractivity contribution in [3.8, 4) is 0 Å². The van der Waals surface area contributed by atoms with Crippen molar-refractivity contribution in [1.29, 1.82) is 0 Å². The van der Waals surface area contributed by atoms with Crippen molar-refractivity contribution >= 4 is 5.69 Å². The third-order valence-electron chi connectivity index (χ3n) is 2.46. The van der Waals surface area contributed by atoms with Crippen LogP contribution in [-0.2, 0) is 10.4 Å². The molecule has 90 valence electrons. The Morgan fingerprint density at radius 1 is 1.25 bits per heavy atom. The van der Waals surface area contributed by atoms with Crippen molar-refractivity contribution < 1.29 is 13.6 Å². The van der Waals surface area contributed by atoms with Crippen LogP contribution in [0.4, 0.5) is 14.5 Å². The molecule has 0 aromatic heterocycles. The molecule has 16 heavy (non-hydrogen) atoms. The van der Waals surface area contributed by atoms with Crippen LogP contribution in [0.25, 0.3) is 0 Å². The average Bonchev–Trinajstić information content (AvgIpc) is 2.21. The van der Waals surface area contributed by atoms with E-state index in [9.17, 15) is 8.78 Å². The maximum Gasteiger partial charge on any atom is 0.182 e. The van der Waals surface area contributed by atoms with Crippen molar-refractivity contribution in [3.63, 3.8) is 0 Å². The monoisotopic (exact) mass is 230 g/mol. The van der Waals surface area contributed by atoms with Crippen LogP contribution in [0.2, 0.25) is 0 Å². The number of halogens is 2. The van der Waals surface area contributed by atoms with E-state index in [0.717, 1.165) is 6.07 Å². The fraction of sp³-hybridized carbons (Fsp3) is 0.455. The van der Waals surface area contributed by atoms with E-state index in [1.807, 2.05) is 0 Å². The van der Waals surface area contributed by atoms with Crippen LogP contribution in [0.1, 0.15) is 19.4 Å². The molecular weight excluding hydrogens is 214 g/mol. The van der Waals surface area contributed by atoms with Gasteiger partial charge >= 0.3 is 0 Å². The first-order valence-corrected chi connectivity index (χ1v) is 4.85. The number of anilines is 1. The van der Waals surface area contributed by atoms with Crippen LogP contribution in [-0.4, -0.2) is 14.1 Å². The number of benzene rings is 1. The Labute approximate surface area is 93.8 Å². The quantitative estimate of drug-likeness (QED) is 0.809. The topological polar surface area (TPSA) is 38.5 Å². The summed E-state index contributed by atoms with van der Waals surface area (Å²) in [5.74, 6) is 3.38. The number of hydrogen-bond donors (Lipinski definition) is 1. The molecule has 0 heterocycles. The fourth-order valence-corrected chi connectivity index (χ4v) is 1.53. The van der Waals surface area contributed by atoms with Crippen LogP contribution >= 0.6 is 0 Å².